The summed E-state index contributed by atoms with van der Waals surface area (Å²) in [4.78, 5) is 37.7. The number of pyridine rings is 1. The Kier molecular flexibility index (Phi) is 4.61. The first-order valence-corrected chi connectivity index (χ1v) is 9.04. The summed E-state index contributed by atoms with van der Waals surface area (Å²) in [5.41, 5.74) is 5.15. The highest BCUT2D eigenvalue weighted by Crippen LogP contribution is 2.31. The van der Waals surface area contributed by atoms with Gasteiger partial charge >= 0.3 is 0 Å². The quantitative estimate of drug-likeness (QED) is 0.540. The minimum absolute atomic E-state index is 0.254. The van der Waals surface area contributed by atoms with Crippen molar-refractivity contribution in [2.75, 3.05) is 0 Å². The normalized spacial score (nSPS) is 15.6. The first-order chi connectivity index (χ1) is 13.1. The number of aromatic nitrogens is 3. The number of nitrogens with zero attached hydrogens (tertiary/aromatic N) is 4. The van der Waals surface area contributed by atoms with Crippen molar-refractivity contribution in [1.82, 2.24) is 25.4 Å². The predicted octanol–water partition coefficient (Wildman–Crippen LogP) is 2.57. The molecule has 7 nitrogen and oxygen atoms in total. The van der Waals surface area contributed by atoms with Gasteiger partial charge in [-0.1, -0.05) is 17.8 Å². The van der Waals surface area contributed by atoms with Gasteiger partial charge in [0.25, 0.3) is 11.8 Å². The number of rotatable bonds is 3. The summed E-state index contributed by atoms with van der Waals surface area (Å²) in [6.07, 6.45) is 7.92. The van der Waals surface area contributed by atoms with Gasteiger partial charge in [0.2, 0.25) is 0 Å². The van der Waals surface area contributed by atoms with Crippen molar-refractivity contribution in [1.29, 1.82) is 0 Å². The van der Waals surface area contributed by atoms with Gasteiger partial charge in [-0.2, -0.15) is 5.01 Å². The molecule has 1 N–H and O–H groups in total. The monoisotopic (exact) mass is 393 g/mol. The van der Waals surface area contributed by atoms with Gasteiger partial charge in [0.05, 0.1) is 21.5 Å². The van der Waals surface area contributed by atoms with Crippen LogP contribution in [0, 0.1) is 0 Å². The summed E-state index contributed by atoms with van der Waals surface area (Å²) >= 11 is 6.35. The Morgan fingerprint density at radius 3 is 2.74 bits per heavy atom. The van der Waals surface area contributed by atoms with Crippen LogP contribution < -0.4 is 5.43 Å². The van der Waals surface area contributed by atoms with Gasteiger partial charge in [-0.3, -0.25) is 30.0 Å². The molecule has 2 aromatic heterocycles. The highest BCUT2D eigenvalue weighted by molar-refractivity contribution is 8.26. The number of hydrazine groups is 1. The van der Waals surface area contributed by atoms with E-state index in [0.717, 1.165) is 33.4 Å². The molecule has 1 aliphatic heterocycles. The molecular formula is C18H11N5O2S2. The van der Waals surface area contributed by atoms with Crippen molar-refractivity contribution < 1.29 is 9.59 Å². The molecule has 132 valence electrons. The van der Waals surface area contributed by atoms with Gasteiger partial charge in [-0.15, -0.1) is 0 Å². The second-order valence-corrected chi connectivity index (χ2v) is 7.18. The standard InChI is InChI=1S/C18H11N5O2S2/c24-16(12-2-1-5-19-10-12)22-23-17(25)15(27-18(23)26)9-11-3-4-13-14(8-11)21-7-6-20-13/h1-10H,(H,22,24)/b15-9+. The number of carbonyl (C=O) groups is 2. The maximum Gasteiger partial charge on any atom is 0.285 e. The molecule has 0 radical (unpaired) electrons. The number of amides is 2. The second kappa shape index (κ2) is 7.22. The summed E-state index contributed by atoms with van der Waals surface area (Å²) in [7, 11) is 0. The number of hydrogen-bond donors (Lipinski definition) is 1. The molecule has 1 saturated heterocycles. The zero-order valence-electron chi connectivity index (χ0n) is 13.7. The summed E-state index contributed by atoms with van der Waals surface area (Å²) in [5, 5.41) is 1.07. The summed E-state index contributed by atoms with van der Waals surface area (Å²) in [5.74, 6) is -0.844. The third-order valence-corrected chi connectivity index (χ3v) is 5.02. The lowest BCUT2D eigenvalue weighted by atomic mass is 10.2. The molecule has 1 aromatic carbocycles. The van der Waals surface area contributed by atoms with E-state index in [4.69, 9.17) is 12.2 Å². The van der Waals surface area contributed by atoms with Crippen LogP contribution in [-0.4, -0.2) is 36.1 Å². The molecule has 3 heterocycles. The lowest BCUT2D eigenvalue weighted by Crippen LogP contribution is -2.44. The van der Waals surface area contributed by atoms with Gasteiger partial charge in [0.1, 0.15) is 0 Å². The van der Waals surface area contributed by atoms with Crippen LogP contribution in [0.25, 0.3) is 17.1 Å². The molecule has 0 aliphatic carbocycles. The molecule has 1 fully saturated rings. The lowest BCUT2D eigenvalue weighted by Gasteiger charge is -2.15. The summed E-state index contributed by atoms with van der Waals surface area (Å²) in [6.45, 7) is 0. The predicted molar refractivity (Wildman–Crippen MR) is 106 cm³/mol. The Morgan fingerprint density at radius 2 is 1.96 bits per heavy atom. The van der Waals surface area contributed by atoms with Crippen LogP contribution in [0.5, 0.6) is 0 Å². The van der Waals surface area contributed by atoms with Crippen LogP contribution in [0.1, 0.15) is 15.9 Å². The minimum atomic E-state index is -0.457. The largest absolute Gasteiger partial charge is 0.285 e. The number of benzene rings is 1. The van der Waals surface area contributed by atoms with Gasteiger partial charge < -0.3 is 0 Å². The molecule has 4 rings (SSSR count). The van der Waals surface area contributed by atoms with Gasteiger partial charge in [0.15, 0.2) is 4.32 Å². The van der Waals surface area contributed by atoms with E-state index < -0.39 is 5.91 Å². The highest BCUT2D eigenvalue weighted by Gasteiger charge is 2.33. The van der Waals surface area contributed by atoms with Crippen molar-refractivity contribution in [3.8, 4) is 0 Å². The highest BCUT2D eigenvalue weighted by atomic mass is 32.2. The Morgan fingerprint density at radius 1 is 1.15 bits per heavy atom. The average molecular weight is 393 g/mol. The van der Waals surface area contributed by atoms with Gasteiger partial charge in [0, 0.05) is 24.8 Å². The average Bonchev–Trinajstić information content (AvgIpc) is 2.96. The fourth-order valence-electron chi connectivity index (χ4n) is 2.45. The van der Waals surface area contributed by atoms with Crippen molar-refractivity contribution >= 4 is 57.2 Å². The molecule has 0 saturated carbocycles. The van der Waals surface area contributed by atoms with Crippen molar-refractivity contribution in [2.45, 2.75) is 0 Å². The molecule has 3 aromatic rings. The molecule has 2 amide bonds. The van der Waals surface area contributed by atoms with Crippen molar-refractivity contribution in [2.24, 2.45) is 0 Å². The van der Waals surface area contributed by atoms with E-state index in [0.29, 0.717) is 10.5 Å². The molecule has 0 unspecified atom stereocenters. The fraction of sp³-hybridized carbons (Fsp3) is 0. The third-order valence-electron chi connectivity index (χ3n) is 3.72. The van der Waals surface area contributed by atoms with E-state index in [1.165, 1.54) is 6.20 Å². The van der Waals surface area contributed by atoms with Crippen LogP contribution in [0.4, 0.5) is 0 Å². The van der Waals surface area contributed by atoms with Crippen molar-refractivity contribution in [3.63, 3.8) is 0 Å². The fourth-order valence-corrected chi connectivity index (χ4v) is 3.63. The number of nitrogens with one attached hydrogen (secondary N) is 1. The summed E-state index contributed by atoms with van der Waals surface area (Å²) in [6, 6.07) is 8.76. The zero-order chi connectivity index (χ0) is 18.8. The minimum Gasteiger partial charge on any atom is -0.267 e. The van der Waals surface area contributed by atoms with Crippen LogP contribution in [-0.2, 0) is 4.79 Å². The van der Waals surface area contributed by atoms with Gasteiger partial charge in [-0.25, -0.2) is 0 Å². The van der Waals surface area contributed by atoms with Crippen LogP contribution in [0.2, 0.25) is 0 Å². The number of hydrogen-bond acceptors (Lipinski definition) is 7. The Balaban J connectivity index is 1.56. The van der Waals surface area contributed by atoms with E-state index >= 15 is 0 Å². The van der Waals surface area contributed by atoms with E-state index in [-0.39, 0.29) is 10.2 Å². The molecule has 1 aliphatic rings. The molecule has 9 heteroatoms. The van der Waals surface area contributed by atoms with E-state index in [1.54, 1.807) is 36.8 Å². The molecule has 0 spiro atoms. The molecule has 0 bridgehead atoms. The number of carbonyl (C=O) groups excluding carboxylic acids is 2. The molecular weight excluding hydrogens is 382 g/mol. The van der Waals surface area contributed by atoms with Gasteiger partial charge in [-0.05, 0) is 48.1 Å². The third kappa shape index (κ3) is 3.55. The lowest BCUT2D eigenvalue weighted by molar-refractivity contribution is -0.123. The first-order valence-electron chi connectivity index (χ1n) is 7.81. The number of thiocarbonyl (C=S) groups is 1. The smallest absolute Gasteiger partial charge is 0.267 e. The maximum atomic E-state index is 12.6. The Labute approximate surface area is 163 Å². The second-order valence-electron chi connectivity index (χ2n) is 5.50. The van der Waals surface area contributed by atoms with Crippen LogP contribution >= 0.6 is 24.0 Å². The van der Waals surface area contributed by atoms with Crippen LogP contribution in [0.15, 0.2) is 60.0 Å². The number of thioether (sulfide) groups is 1. The Hall–Kier alpha value is -3.17. The van der Waals surface area contributed by atoms with E-state index in [9.17, 15) is 9.59 Å². The first kappa shape index (κ1) is 17.3. The molecule has 27 heavy (non-hydrogen) atoms. The maximum absolute atomic E-state index is 12.6. The summed E-state index contributed by atoms with van der Waals surface area (Å²) < 4.78 is 0.254. The van der Waals surface area contributed by atoms with E-state index in [1.807, 2.05) is 18.2 Å². The number of fused-ring (bicyclic) bond motifs is 1. The van der Waals surface area contributed by atoms with Crippen molar-refractivity contribution in [3.05, 3.63) is 71.2 Å². The topological polar surface area (TPSA) is 88.1 Å². The van der Waals surface area contributed by atoms with E-state index in [2.05, 4.69) is 20.4 Å². The Bertz CT molecular complexity index is 1100. The molecule has 0 atom stereocenters. The SMILES string of the molecule is O=C(NN1C(=O)/C(=C\c2ccc3nccnc3c2)SC1=S)c1cccnc1. The zero-order valence-corrected chi connectivity index (χ0v) is 15.3. The van der Waals surface area contributed by atoms with Crippen LogP contribution in [0.3, 0.4) is 0 Å².